The minimum atomic E-state index is 0.527. The average Bonchev–Trinajstić information content (AvgIpc) is 3.26. The van der Waals surface area contributed by atoms with Gasteiger partial charge in [-0.25, -0.2) is 4.98 Å². The van der Waals surface area contributed by atoms with Crippen molar-refractivity contribution in [1.29, 1.82) is 0 Å². The minimum Gasteiger partial charge on any atom is -0.496 e. The fraction of sp³-hybridized carbons (Fsp3) is 0.312. The number of anilines is 1. The van der Waals surface area contributed by atoms with E-state index < -0.39 is 0 Å². The zero-order valence-corrected chi connectivity index (χ0v) is 13.6. The number of nitrogens with two attached hydrogens (primary N) is 1. The lowest BCUT2D eigenvalue weighted by molar-refractivity contribution is 0.416. The highest BCUT2D eigenvalue weighted by Gasteiger charge is 2.31. The molecule has 21 heavy (non-hydrogen) atoms. The first-order valence-electron chi connectivity index (χ1n) is 6.96. The summed E-state index contributed by atoms with van der Waals surface area (Å²) in [5.74, 6) is 3.03. The molecule has 2 N–H and O–H groups in total. The smallest absolute Gasteiger partial charge is 0.132 e. The average molecular weight is 348 g/mol. The first-order chi connectivity index (χ1) is 10.2. The number of aromatic nitrogens is 2. The van der Waals surface area contributed by atoms with Gasteiger partial charge in [0.05, 0.1) is 7.11 Å². The molecule has 4 nitrogen and oxygen atoms in total. The maximum Gasteiger partial charge on any atom is 0.132 e. The maximum atomic E-state index is 6.34. The zero-order valence-electron chi connectivity index (χ0n) is 12.0. The zero-order chi connectivity index (χ0) is 15.0. The molecule has 0 radical (unpaired) electrons. The molecular weight excluding hydrogens is 330 g/mol. The van der Waals surface area contributed by atoms with Crippen molar-refractivity contribution in [2.24, 2.45) is 0 Å². The monoisotopic (exact) mass is 347 g/mol. The SMILES string of the molecule is C=CCn1c(C2CC2)nc(-c2cc(Br)ccc2OC)c1N. The molecule has 3 rings (SSSR count). The molecule has 1 saturated carbocycles. The van der Waals surface area contributed by atoms with Crippen molar-refractivity contribution in [2.75, 3.05) is 12.8 Å². The molecule has 1 aromatic heterocycles. The lowest BCUT2D eigenvalue weighted by Crippen LogP contribution is -2.05. The molecule has 0 amide bonds. The molecule has 1 aliphatic rings. The Balaban J connectivity index is 2.16. The quantitative estimate of drug-likeness (QED) is 0.832. The topological polar surface area (TPSA) is 53.1 Å². The Kier molecular flexibility index (Phi) is 3.76. The van der Waals surface area contributed by atoms with Crippen molar-refractivity contribution in [2.45, 2.75) is 25.3 Å². The van der Waals surface area contributed by atoms with Crippen molar-refractivity contribution in [3.05, 3.63) is 41.2 Å². The normalized spacial score (nSPS) is 14.2. The highest BCUT2D eigenvalue weighted by Crippen LogP contribution is 2.43. The summed E-state index contributed by atoms with van der Waals surface area (Å²) in [6.07, 6.45) is 4.22. The number of ether oxygens (including phenoxy) is 1. The Bertz CT molecular complexity index is 689. The van der Waals surface area contributed by atoms with E-state index in [0.717, 1.165) is 27.3 Å². The molecule has 5 heteroatoms. The third-order valence-corrected chi connectivity index (χ3v) is 4.20. The number of benzene rings is 1. The van der Waals surface area contributed by atoms with Gasteiger partial charge in [0.25, 0.3) is 0 Å². The lowest BCUT2D eigenvalue weighted by atomic mass is 10.1. The van der Waals surface area contributed by atoms with Crippen molar-refractivity contribution >= 4 is 21.7 Å². The number of halogens is 1. The second-order valence-corrected chi connectivity index (χ2v) is 6.14. The van der Waals surface area contributed by atoms with E-state index in [2.05, 4.69) is 27.1 Å². The van der Waals surface area contributed by atoms with E-state index in [1.54, 1.807) is 7.11 Å². The number of allylic oxidation sites excluding steroid dienone is 1. The highest BCUT2D eigenvalue weighted by molar-refractivity contribution is 9.10. The summed E-state index contributed by atoms with van der Waals surface area (Å²) in [5, 5.41) is 0. The second kappa shape index (κ2) is 5.56. The summed E-state index contributed by atoms with van der Waals surface area (Å²) >= 11 is 3.50. The van der Waals surface area contributed by atoms with Gasteiger partial charge in [0.1, 0.15) is 23.1 Å². The Morgan fingerprint density at radius 3 is 2.90 bits per heavy atom. The lowest BCUT2D eigenvalue weighted by Gasteiger charge is -2.08. The number of hydrogen-bond acceptors (Lipinski definition) is 3. The third kappa shape index (κ3) is 2.58. The van der Waals surface area contributed by atoms with Crippen LogP contribution in [0, 0.1) is 0 Å². The fourth-order valence-electron chi connectivity index (χ4n) is 2.52. The van der Waals surface area contributed by atoms with Gasteiger partial charge >= 0.3 is 0 Å². The molecule has 1 heterocycles. The van der Waals surface area contributed by atoms with Crippen LogP contribution in [0.25, 0.3) is 11.3 Å². The van der Waals surface area contributed by atoms with E-state index in [0.29, 0.717) is 18.3 Å². The number of rotatable bonds is 5. The Labute approximate surface area is 132 Å². The second-order valence-electron chi connectivity index (χ2n) is 5.22. The largest absolute Gasteiger partial charge is 0.496 e. The van der Waals surface area contributed by atoms with Crippen LogP contribution >= 0.6 is 15.9 Å². The predicted octanol–water partition coefficient (Wildman–Crippen LogP) is 3.97. The van der Waals surface area contributed by atoms with Crippen molar-refractivity contribution in [3.8, 4) is 17.0 Å². The van der Waals surface area contributed by atoms with Gasteiger partial charge in [-0.3, -0.25) is 0 Å². The standard InChI is InChI=1S/C16H18BrN3O/c1-3-8-20-15(18)14(19-16(20)10-4-5-10)12-9-11(17)6-7-13(12)21-2/h3,6-7,9-10H,1,4-5,8,18H2,2H3. The van der Waals surface area contributed by atoms with Gasteiger partial charge in [-0.1, -0.05) is 22.0 Å². The number of nitrogen functional groups attached to an aromatic ring is 1. The van der Waals surface area contributed by atoms with Crippen LogP contribution < -0.4 is 10.5 Å². The van der Waals surface area contributed by atoms with Crippen LogP contribution in [-0.2, 0) is 6.54 Å². The van der Waals surface area contributed by atoms with E-state index in [4.69, 9.17) is 15.5 Å². The van der Waals surface area contributed by atoms with E-state index in [-0.39, 0.29) is 0 Å². The molecule has 0 unspecified atom stereocenters. The molecule has 110 valence electrons. The molecule has 1 aliphatic carbocycles. The molecule has 0 atom stereocenters. The van der Waals surface area contributed by atoms with Gasteiger partial charge in [-0.2, -0.15) is 0 Å². The van der Waals surface area contributed by atoms with Gasteiger partial charge < -0.3 is 15.0 Å². The first kappa shape index (κ1) is 14.2. The van der Waals surface area contributed by atoms with Gasteiger partial charge in [-0.15, -0.1) is 6.58 Å². The molecule has 1 aromatic carbocycles. The van der Waals surface area contributed by atoms with Crippen molar-refractivity contribution in [3.63, 3.8) is 0 Å². The summed E-state index contributed by atoms with van der Waals surface area (Å²) in [4.78, 5) is 4.80. The van der Waals surface area contributed by atoms with Gasteiger partial charge in [-0.05, 0) is 31.0 Å². The summed E-state index contributed by atoms with van der Waals surface area (Å²) in [5.41, 5.74) is 8.04. The summed E-state index contributed by atoms with van der Waals surface area (Å²) < 4.78 is 8.48. The van der Waals surface area contributed by atoms with E-state index in [1.807, 2.05) is 24.3 Å². The van der Waals surface area contributed by atoms with E-state index in [1.165, 1.54) is 12.8 Å². The van der Waals surface area contributed by atoms with Crippen molar-refractivity contribution in [1.82, 2.24) is 9.55 Å². The van der Waals surface area contributed by atoms with Crippen LogP contribution in [0.5, 0.6) is 5.75 Å². The van der Waals surface area contributed by atoms with Gasteiger partial charge in [0.2, 0.25) is 0 Å². The van der Waals surface area contributed by atoms with E-state index in [9.17, 15) is 0 Å². The molecule has 2 aromatic rings. The predicted molar refractivity (Wildman–Crippen MR) is 88.5 cm³/mol. The summed E-state index contributed by atoms with van der Waals surface area (Å²) in [7, 11) is 1.66. The van der Waals surface area contributed by atoms with E-state index >= 15 is 0 Å². The van der Waals surface area contributed by atoms with Crippen LogP contribution in [0.3, 0.4) is 0 Å². The van der Waals surface area contributed by atoms with Crippen molar-refractivity contribution < 1.29 is 4.74 Å². The van der Waals surface area contributed by atoms with Crippen LogP contribution in [0.15, 0.2) is 35.3 Å². The van der Waals surface area contributed by atoms with Gasteiger partial charge in [0.15, 0.2) is 0 Å². The number of methoxy groups -OCH3 is 1. The fourth-order valence-corrected chi connectivity index (χ4v) is 2.88. The molecule has 0 bridgehead atoms. The Morgan fingerprint density at radius 2 is 2.29 bits per heavy atom. The van der Waals surface area contributed by atoms with Gasteiger partial charge in [0, 0.05) is 22.5 Å². The maximum absolute atomic E-state index is 6.34. The third-order valence-electron chi connectivity index (χ3n) is 3.71. The Hall–Kier alpha value is -1.75. The molecular formula is C16H18BrN3O. The van der Waals surface area contributed by atoms with Crippen LogP contribution in [0.1, 0.15) is 24.6 Å². The number of imidazole rings is 1. The molecule has 1 fully saturated rings. The number of nitrogens with zero attached hydrogens (tertiary/aromatic N) is 2. The molecule has 0 spiro atoms. The summed E-state index contributed by atoms with van der Waals surface area (Å²) in [6, 6.07) is 5.86. The molecule has 0 saturated heterocycles. The summed E-state index contributed by atoms with van der Waals surface area (Å²) in [6.45, 7) is 4.49. The molecule has 0 aliphatic heterocycles. The van der Waals surface area contributed by atoms with Crippen LogP contribution in [0.4, 0.5) is 5.82 Å². The number of hydrogen-bond donors (Lipinski definition) is 1. The highest BCUT2D eigenvalue weighted by atomic mass is 79.9. The Morgan fingerprint density at radius 1 is 1.52 bits per heavy atom. The van der Waals surface area contributed by atoms with Crippen LogP contribution in [-0.4, -0.2) is 16.7 Å². The first-order valence-corrected chi connectivity index (χ1v) is 7.75. The van der Waals surface area contributed by atoms with Crippen LogP contribution in [0.2, 0.25) is 0 Å². The minimum absolute atomic E-state index is 0.527.